The number of rotatable bonds is 1. The van der Waals surface area contributed by atoms with Crippen LogP contribution in [0.3, 0.4) is 0 Å². The molecule has 1 aromatic rings. The number of Topliss-reactive ketones (excluding diaryl/α,β-unsaturated/α-hetero) is 2. The van der Waals surface area contributed by atoms with Crippen LogP contribution in [0.4, 0.5) is 0 Å². The lowest BCUT2D eigenvalue weighted by Crippen LogP contribution is -2.38. The van der Waals surface area contributed by atoms with Crippen LogP contribution in [0.1, 0.15) is 48.5 Å². The number of ketones is 2. The van der Waals surface area contributed by atoms with Gasteiger partial charge < -0.3 is 0 Å². The fraction of sp³-hybridized carbons (Fsp3) is 0.500. The summed E-state index contributed by atoms with van der Waals surface area (Å²) in [5, 5.41) is 0. The van der Waals surface area contributed by atoms with Gasteiger partial charge in [-0.15, -0.1) is 0 Å². The fourth-order valence-corrected chi connectivity index (χ4v) is 4.00. The topological polar surface area (TPSA) is 34.1 Å². The fourth-order valence-electron chi connectivity index (χ4n) is 3.64. The molecule has 100 valence electrons. The second-order valence-electron chi connectivity index (χ2n) is 5.86. The van der Waals surface area contributed by atoms with Crippen molar-refractivity contribution in [3.8, 4) is 0 Å². The van der Waals surface area contributed by atoms with Crippen LogP contribution in [0, 0.1) is 11.3 Å². The maximum atomic E-state index is 12.8. The highest BCUT2D eigenvalue weighted by atomic mass is 79.9. The highest BCUT2D eigenvalue weighted by Gasteiger charge is 2.49. The molecule has 2 aliphatic rings. The standard InChI is InChI=1S/C16H17BrO2/c1-2-10-8-16(6-5-14(10)18)9-11-3-4-12(17)7-13(11)15(16)19/h3-4,7,10H,2,5-6,8-9H2,1H3. The van der Waals surface area contributed by atoms with E-state index in [4.69, 9.17) is 0 Å². The molecule has 1 fully saturated rings. The van der Waals surface area contributed by atoms with Gasteiger partial charge in [-0.3, -0.25) is 9.59 Å². The monoisotopic (exact) mass is 320 g/mol. The third-order valence-corrected chi connectivity index (χ3v) is 5.26. The minimum atomic E-state index is -0.294. The van der Waals surface area contributed by atoms with Crippen LogP contribution in [-0.2, 0) is 11.2 Å². The van der Waals surface area contributed by atoms with E-state index in [1.54, 1.807) is 0 Å². The molecule has 0 saturated heterocycles. The Hall–Kier alpha value is -0.960. The van der Waals surface area contributed by atoms with Gasteiger partial charge in [0.15, 0.2) is 5.78 Å². The number of carbonyl (C=O) groups excluding carboxylic acids is 2. The summed E-state index contributed by atoms with van der Waals surface area (Å²) in [5.74, 6) is 0.684. The molecule has 0 heterocycles. The van der Waals surface area contributed by atoms with Crippen molar-refractivity contribution >= 4 is 27.5 Å². The van der Waals surface area contributed by atoms with Crippen molar-refractivity contribution in [1.82, 2.24) is 0 Å². The van der Waals surface area contributed by atoms with Gasteiger partial charge in [-0.05, 0) is 43.4 Å². The Kier molecular flexibility index (Phi) is 3.12. The van der Waals surface area contributed by atoms with Crippen LogP contribution in [0.2, 0.25) is 0 Å². The van der Waals surface area contributed by atoms with Crippen molar-refractivity contribution < 1.29 is 9.59 Å². The van der Waals surface area contributed by atoms with Crippen molar-refractivity contribution in [2.75, 3.05) is 0 Å². The molecular formula is C16H17BrO2. The molecule has 1 aromatic carbocycles. The molecule has 2 atom stereocenters. The maximum absolute atomic E-state index is 12.8. The first-order chi connectivity index (χ1) is 9.05. The average molecular weight is 321 g/mol. The second kappa shape index (κ2) is 4.55. The van der Waals surface area contributed by atoms with Gasteiger partial charge in [0.25, 0.3) is 0 Å². The predicted molar refractivity (Wildman–Crippen MR) is 77.2 cm³/mol. The van der Waals surface area contributed by atoms with E-state index in [2.05, 4.69) is 15.9 Å². The molecule has 1 saturated carbocycles. The van der Waals surface area contributed by atoms with Crippen molar-refractivity contribution in [2.45, 2.75) is 39.0 Å². The molecule has 0 bridgehead atoms. The lowest BCUT2D eigenvalue weighted by molar-refractivity contribution is -0.126. The first-order valence-electron chi connectivity index (χ1n) is 6.92. The van der Waals surface area contributed by atoms with Crippen LogP contribution >= 0.6 is 15.9 Å². The molecular weight excluding hydrogens is 304 g/mol. The first kappa shape index (κ1) is 13.0. The number of halogens is 1. The van der Waals surface area contributed by atoms with Gasteiger partial charge in [0, 0.05) is 27.8 Å². The lowest BCUT2D eigenvalue weighted by atomic mass is 9.66. The highest BCUT2D eigenvalue weighted by molar-refractivity contribution is 9.10. The summed E-state index contributed by atoms with van der Waals surface area (Å²) in [6, 6.07) is 5.98. The molecule has 2 aliphatic carbocycles. The van der Waals surface area contributed by atoms with E-state index in [1.165, 1.54) is 0 Å². The van der Waals surface area contributed by atoms with Gasteiger partial charge in [-0.25, -0.2) is 0 Å². The van der Waals surface area contributed by atoms with E-state index in [9.17, 15) is 9.59 Å². The Labute approximate surface area is 121 Å². The number of benzene rings is 1. The quantitative estimate of drug-likeness (QED) is 0.785. The zero-order chi connectivity index (χ0) is 13.6. The Bertz CT molecular complexity index is 564. The minimum Gasteiger partial charge on any atom is -0.299 e. The van der Waals surface area contributed by atoms with Gasteiger partial charge in [0.05, 0.1) is 0 Å². The maximum Gasteiger partial charge on any atom is 0.169 e. The molecule has 0 N–H and O–H groups in total. The highest BCUT2D eigenvalue weighted by Crippen LogP contribution is 2.48. The largest absolute Gasteiger partial charge is 0.299 e. The van der Waals surface area contributed by atoms with Crippen molar-refractivity contribution in [2.24, 2.45) is 11.3 Å². The van der Waals surface area contributed by atoms with E-state index in [0.29, 0.717) is 12.2 Å². The normalized spacial score (nSPS) is 29.9. The van der Waals surface area contributed by atoms with Crippen LogP contribution in [0.15, 0.2) is 22.7 Å². The Morgan fingerprint density at radius 3 is 2.89 bits per heavy atom. The van der Waals surface area contributed by atoms with E-state index in [-0.39, 0.29) is 17.1 Å². The van der Waals surface area contributed by atoms with E-state index < -0.39 is 0 Å². The Morgan fingerprint density at radius 1 is 1.37 bits per heavy atom. The molecule has 0 radical (unpaired) electrons. The van der Waals surface area contributed by atoms with Gasteiger partial charge in [0.1, 0.15) is 5.78 Å². The van der Waals surface area contributed by atoms with Gasteiger partial charge in [-0.1, -0.05) is 28.9 Å². The molecule has 19 heavy (non-hydrogen) atoms. The first-order valence-corrected chi connectivity index (χ1v) is 7.71. The summed E-state index contributed by atoms with van der Waals surface area (Å²) in [6.45, 7) is 2.05. The van der Waals surface area contributed by atoms with E-state index in [1.807, 2.05) is 25.1 Å². The number of hydrogen-bond donors (Lipinski definition) is 0. The SMILES string of the molecule is CCC1CC2(CCC1=O)Cc1ccc(Br)cc1C2=O. The van der Waals surface area contributed by atoms with E-state index >= 15 is 0 Å². The summed E-state index contributed by atoms with van der Waals surface area (Å²) in [6.07, 6.45) is 3.71. The average Bonchev–Trinajstić information content (AvgIpc) is 2.67. The van der Waals surface area contributed by atoms with Gasteiger partial charge in [0.2, 0.25) is 0 Å². The molecule has 0 aliphatic heterocycles. The van der Waals surface area contributed by atoms with E-state index in [0.717, 1.165) is 41.3 Å². The van der Waals surface area contributed by atoms with Gasteiger partial charge >= 0.3 is 0 Å². The molecule has 0 aromatic heterocycles. The number of carbonyl (C=O) groups is 2. The molecule has 2 nitrogen and oxygen atoms in total. The third kappa shape index (κ3) is 1.99. The van der Waals surface area contributed by atoms with Crippen LogP contribution in [-0.4, -0.2) is 11.6 Å². The summed E-state index contributed by atoms with van der Waals surface area (Å²) in [4.78, 5) is 24.6. The predicted octanol–water partition coefficient (Wildman–Crippen LogP) is 3.95. The summed E-state index contributed by atoms with van der Waals surface area (Å²) in [7, 11) is 0. The molecule has 2 unspecified atom stereocenters. The zero-order valence-electron chi connectivity index (χ0n) is 11.0. The van der Waals surface area contributed by atoms with Crippen LogP contribution in [0.25, 0.3) is 0 Å². The van der Waals surface area contributed by atoms with Crippen molar-refractivity contribution in [1.29, 1.82) is 0 Å². The summed E-state index contributed by atoms with van der Waals surface area (Å²) >= 11 is 3.43. The third-order valence-electron chi connectivity index (χ3n) is 4.76. The number of hydrogen-bond acceptors (Lipinski definition) is 2. The van der Waals surface area contributed by atoms with Crippen LogP contribution in [0.5, 0.6) is 0 Å². The Morgan fingerprint density at radius 2 is 2.16 bits per heavy atom. The van der Waals surface area contributed by atoms with Gasteiger partial charge in [-0.2, -0.15) is 0 Å². The second-order valence-corrected chi connectivity index (χ2v) is 6.78. The van der Waals surface area contributed by atoms with Crippen LogP contribution < -0.4 is 0 Å². The van der Waals surface area contributed by atoms with Crippen molar-refractivity contribution in [3.63, 3.8) is 0 Å². The smallest absolute Gasteiger partial charge is 0.169 e. The van der Waals surface area contributed by atoms with Crippen molar-refractivity contribution in [3.05, 3.63) is 33.8 Å². The summed E-state index contributed by atoms with van der Waals surface area (Å²) in [5.41, 5.74) is 1.72. The lowest BCUT2D eigenvalue weighted by Gasteiger charge is -2.35. The Balaban J connectivity index is 1.96. The summed E-state index contributed by atoms with van der Waals surface area (Å²) < 4.78 is 0.954. The number of fused-ring (bicyclic) bond motifs is 1. The molecule has 1 spiro atoms. The molecule has 3 rings (SSSR count). The minimum absolute atomic E-state index is 0.0791. The molecule has 0 amide bonds. The molecule has 3 heteroatoms. The zero-order valence-corrected chi connectivity index (χ0v) is 12.6.